The molecule has 0 bridgehead atoms. The van der Waals surface area contributed by atoms with E-state index in [1.807, 2.05) is 0 Å². The van der Waals surface area contributed by atoms with E-state index in [4.69, 9.17) is 26.2 Å². The van der Waals surface area contributed by atoms with Gasteiger partial charge in [0.05, 0.1) is 13.2 Å². The second-order valence-electron chi connectivity index (χ2n) is 9.86. The van der Waals surface area contributed by atoms with Crippen molar-refractivity contribution < 1.29 is 61.9 Å². The number of β-lactam (4-membered cyclic amide) rings is 1. The molecule has 2 atom stereocenters. The molecule has 4 rings (SSSR count). The zero-order chi connectivity index (χ0) is 35.4. The largest absolute Gasteiger partial charge is 0.542 e. The molecule has 0 spiro atoms. The summed E-state index contributed by atoms with van der Waals surface area (Å²) >= 11 is 3.60. The van der Waals surface area contributed by atoms with Gasteiger partial charge in [-0.2, -0.15) is 13.2 Å². The molecule has 1 fully saturated rings. The number of thiazole rings is 1. The molecule has 17 nitrogen and oxygen atoms in total. The van der Waals surface area contributed by atoms with Crippen LogP contribution in [0, 0.1) is 0 Å². The Balaban J connectivity index is 0.000000771. The van der Waals surface area contributed by atoms with E-state index in [1.165, 1.54) is 42.8 Å². The molecule has 23 heteroatoms. The van der Waals surface area contributed by atoms with Gasteiger partial charge in [-0.05, 0) is 36.2 Å². The van der Waals surface area contributed by atoms with Crippen LogP contribution in [0.15, 0.2) is 39.2 Å². The topological polar surface area (TPSA) is 267 Å². The number of nitrogen functional groups attached to an aromatic ring is 2. The molecule has 0 aliphatic carbocycles. The number of thioether (sulfide) groups is 2. The fourth-order valence-corrected chi connectivity index (χ4v) is 6.57. The lowest BCUT2D eigenvalue weighted by atomic mass is 10.0. The van der Waals surface area contributed by atoms with Crippen LogP contribution in [0.1, 0.15) is 19.5 Å². The normalized spacial score (nSPS) is 18.0. The average molecular weight is 723 g/mol. The second kappa shape index (κ2) is 14.4. The summed E-state index contributed by atoms with van der Waals surface area (Å²) in [5, 5.41) is 35.7. The van der Waals surface area contributed by atoms with Gasteiger partial charge in [0, 0.05) is 23.0 Å². The molecule has 2 amide bonds. The average Bonchev–Trinajstić information content (AvgIpc) is 3.40. The van der Waals surface area contributed by atoms with E-state index < -0.39 is 52.9 Å². The van der Waals surface area contributed by atoms with Crippen LogP contribution in [0.5, 0.6) is 0 Å². The summed E-state index contributed by atoms with van der Waals surface area (Å²) in [6.45, 7) is 2.49. The number of hydrogen-bond acceptors (Lipinski definition) is 15. The number of carbonyl (C=O) groups excluding carboxylic acids is 3. The highest BCUT2D eigenvalue weighted by Gasteiger charge is 2.54. The maximum absolute atomic E-state index is 13.2. The quantitative estimate of drug-likeness (QED) is 0.0489. The van der Waals surface area contributed by atoms with E-state index in [2.05, 4.69) is 20.4 Å². The van der Waals surface area contributed by atoms with E-state index in [1.54, 1.807) is 23.9 Å². The van der Waals surface area contributed by atoms with E-state index in [0.717, 1.165) is 16.2 Å². The number of aromatic nitrogens is 3. The molecular formula is C24H25F3N8O9S3. The van der Waals surface area contributed by atoms with E-state index in [9.17, 15) is 42.6 Å². The number of nitrogens with one attached hydrogen (secondary N) is 1. The number of hydrogen-bond donors (Lipinski definition) is 5. The highest BCUT2D eigenvalue weighted by Crippen LogP contribution is 2.41. The Kier molecular flexibility index (Phi) is 11.3. The smallest absolute Gasteiger partial charge is 0.430 e. The number of amides is 2. The number of oxime groups is 1. The molecule has 1 saturated heterocycles. The van der Waals surface area contributed by atoms with Crippen molar-refractivity contribution in [3.63, 3.8) is 0 Å². The number of rotatable bonds is 10. The number of carboxylic acids is 3. The van der Waals surface area contributed by atoms with Crippen molar-refractivity contribution in [1.29, 1.82) is 0 Å². The summed E-state index contributed by atoms with van der Waals surface area (Å²) in [4.78, 5) is 73.2. The Morgan fingerprint density at radius 2 is 1.89 bits per heavy atom. The van der Waals surface area contributed by atoms with Crippen molar-refractivity contribution in [2.45, 2.75) is 42.2 Å². The number of aliphatic carboxylic acids is 3. The van der Waals surface area contributed by atoms with Gasteiger partial charge >= 0.3 is 23.3 Å². The standard InChI is InChI=1S/C22H24N8O7S3.C2HF3O2/c1-22(2,19(35)36)37-28-12(10-8-39-20(24)25-10)15(31)27-13-16(32)30-14(18(33)34)9(6-38-17(13)30)7-40-21-26-11(23)4-5-29(21)3;3-2(4,5)1(6)7/h4-5,8,13,17,23H,6-7H2,1-3H3,(H5,24,25,27,31,33,34,35,36);(H,6,7)/b28-12-;. The number of anilines is 2. The Hall–Kier alpha value is -4.64. The zero-order valence-corrected chi connectivity index (χ0v) is 26.8. The summed E-state index contributed by atoms with van der Waals surface area (Å²) in [6, 6.07) is 0.571. The Labute approximate surface area is 274 Å². The number of carboxylic acid groups (broad SMARTS) is 3. The first-order valence-electron chi connectivity index (χ1n) is 12.7. The molecular weight excluding hydrogens is 698 g/mol. The number of nitrogens with two attached hydrogens (primary N) is 2. The fraction of sp³-hybridized carbons (Fsp3) is 0.375. The molecule has 0 saturated carbocycles. The van der Waals surface area contributed by atoms with Crippen LogP contribution >= 0.6 is 34.9 Å². The highest BCUT2D eigenvalue weighted by molar-refractivity contribution is 8.01. The minimum atomic E-state index is -5.19. The molecule has 7 N–H and O–H groups in total. The third kappa shape index (κ3) is 8.79. The third-order valence-corrected chi connectivity index (χ3v) is 9.14. The molecule has 2 aromatic heterocycles. The number of nitrogens with zero attached hydrogens (tertiary/aromatic N) is 5. The Morgan fingerprint density at radius 1 is 1.26 bits per heavy atom. The van der Waals surface area contributed by atoms with Crippen molar-refractivity contribution in [3.8, 4) is 0 Å². The SMILES string of the molecule is C[n+]1ccc(N)nc1SCC1=C(C(=O)O)N2C(=O)C(NC(=O)/C(=N\OC(C)(C)C(=O)O)c3csc(N)n3)C2SC1.O=C([O-])C(F)(F)F. The molecule has 2 aliphatic heterocycles. The van der Waals surface area contributed by atoms with Crippen LogP contribution in [0.4, 0.5) is 24.1 Å². The molecule has 2 aromatic rings. The van der Waals surface area contributed by atoms with Gasteiger partial charge in [-0.1, -0.05) is 5.16 Å². The van der Waals surface area contributed by atoms with Crippen molar-refractivity contribution in [2.75, 3.05) is 23.0 Å². The molecule has 47 heavy (non-hydrogen) atoms. The first-order valence-corrected chi connectivity index (χ1v) is 15.6. The van der Waals surface area contributed by atoms with Crippen LogP contribution in [-0.4, -0.2) is 95.2 Å². The lowest BCUT2D eigenvalue weighted by Crippen LogP contribution is -2.71. The van der Waals surface area contributed by atoms with Crippen molar-refractivity contribution in [2.24, 2.45) is 12.2 Å². The second-order valence-corrected chi connectivity index (χ2v) is 12.8. The molecule has 254 valence electrons. The summed E-state index contributed by atoms with van der Waals surface area (Å²) < 4.78 is 33.3. The first kappa shape index (κ1) is 36.8. The monoisotopic (exact) mass is 722 g/mol. The molecule has 2 unspecified atom stereocenters. The van der Waals surface area contributed by atoms with Crippen molar-refractivity contribution >= 4 is 81.2 Å². The van der Waals surface area contributed by atoms with Gasteiger partial charge in [-0.3, -0.25) is 14.5 Å². The van der Waals surface area contributed by atoms with Crippen LogP contribution in [0.2, 0.25) is 0 Å². The van der Waals surface area contributed by atoms with Crippen LogP contribution in [-0.2, 0) is 35.9 Å². The lowest BCUT2D eigenvalue weighted by Gasteiger charge is -2.49. The summed E-state index contributed by atoms with van der Waals surface area (Å²) in [5.41, 5.74) is 9.68. The van der Waals surface area contributed by atoms with Crippen molar-refractivity contribution in [1.82, 2.24) is 20.2 Å². The van der Waals surface area contributed by atoms with Gasteiger partial charge in [0.25, 0.3) is 11.8 Å². The van der Waals surface area contributed by atoms with Crippen LogP contribution < -0.4 is 26.5 Å². The van der Waals surface area contributed by atoms with E-state index in [-0.39, 0.29) is 28.0 Å². The predicted molar refractivity (Wildman–Crippen MR) is 157 cm³/mol. The van der Waals surface area contributed by atoms with Crippen molar-refractivity contribution in [3.05, 3.63) is 34.6 Å². The Bertz CT molecular complexity index is 1670. The summed E-state index contributed by atoms with van der Waals surface area (Å²) in [5.74, 6) is -6.22. The zero-order valence-electron chi connectivity index (χ0n) is 24.3. The summed E-state index contributed by atoms with van der Waals surface area (Å²) in [6.07, 6.45) is -3.46. The molecule has 4 heterocycles. The number of alkyl halides is 3. The maximum atomic E-state index is 13.2. The minimum Gasteiger partial charge on any atom is -0.542 e. The number of halogens is 3. The number of carbonyl (C=O) groups is 5. The first-order chi connectivity index (χ1) is 21.7. The third-order valence-electron chi connectivity index (χ3n) is 6.00. The lowest BCUT2D eigenvalue weighted by molar-refractivity contribution is -0.713. The van der Waals surface area contributed by atoms with E-state index >= 15 is 0 Å². The molecule has 0 aromatic carbocycles. The molecule has 0 radical (unpaired) electrons. The summed E-state index contributed by atoms with van der Waals surface area (Å²) in [7, 11) is 1.78. The Morgan fingerprint density at radius 3 is 2.43 bits per heavy atom. The van der Waals surface area contributed by atoms with Gasteiger partial charge in [0.2, 0.25) is 11.4 Å². The number of fused-ring (bicyclic) bond motifs is 1. The predicted octanol–water partition coefficient (Wildman–Crippen LogP) is -1.06. The van der Waals surface area contributed by atoms with Gasteiger partial charge in [0.1, 0.15) is 28.8 Å². The maximum Gasteiger partial charge on any atom is 0.430 e. The van der Waals surface area contributed by atoms with Gasteiger partial charge in [-0.25, -0.2) is 19.1 Å². The van der Waals surface area contributed by atoms with Gasteiger partial charge in [0.15, 0.2) is 10.8 Å². The van der Waals surface area contributed by atoms with Crippen LogP contribution in [0.3, 0.4) is 0 Å². The molecule has 2 aliphatic rings. The minimum absolute atomic E-state index is 0.0230. The highest BCUT2D eigenvalue weighted by atomic mass is 32.2. The fourth-order valence-electron chi connectivity index (χ4n) is 3.57. The van der Waals surface area contributed by atoms with E-state index in [0.29, 0.717) is 22.3 Å². The van der Waals surface area contributed by atoms with Gasteiger partial charge in [-0.15, -0.1) is 23.1 Å². The van der Waals surface area contributed by atoms with Crippen LogP contribution in [0.25, 0.3) is 0 Å². The van der Waals surface area contributed by atoms with Gasteiger partial charge < -0.3 is 41.7 Å². The number of aryl methyl sites for hydroxylation is 1.